The van der Waals surface area contributed by atoms with E-state index in [0.717, 1.165) is 0 Å². The summed E-state index contributed by atoms with van der Waals surface area (Å²) in [6.07, 6.45) is -0.454. The smallest absolute Gasteiger partial charge is 0.267 e. The van der Waals surface area contributed by atoms with E-state index in [-0.39, 0.29) is 30.6 Å². The first-order valence-corrected chi connectivity index (χ1v) is 7.67. The van der Waals surface area contributed by atoms with E-state index in [0.29, 0.717) is 17.1 Å². The highest BCUT2D eigenvalue weighted by Crippen LogP contribution is 2.33. The van der Waals surface area contributed by atoms with Crippen molar-refractivity contribution < 1.29 is 18.7 Å². The van der Waals surface area contributed by atoms with Crippen molar-refractivity contribution in [2.75, 3.05) is 16.8 Å². The number of ether oxygens (including phenoxy) is 1. The number of carbonyl (C=O) groups is 2. The molecule has 124 valence electrons. The van der Waals surface area contributed by atoms with Crippen LogP contribution in [0.5, 0.6) is 5.75 Å². The largest absolute Gasteiger partial charge is 0.479 e. The van der Waals surface area contributed by atoms with Gasteiger partial charge in [-0.3, -0.25) is 9.59 Å². The number of nitrogens with one attached hydrogen (secondary N) is 1. The van der Waals surface area contributed by atoms with E-state index in [1.54, 1.807) is 24.0 Å². The Morgan fingerprint density at radius 2 is 1.92 bits per heavy atom. The van der Waals surface area contributed by atoms with E-state index >= 15 is 0 Å². The Labute approximate surface area is 139 Å². The number of fused-ring (bicyclic) bond motifs is 1. The van der Waals surface area contributed by atoms with E-state index in [9.17, 15) is 14.0 Å². The summed E-state index contributed by atoms with van der Waals surface area (Å²) < 4.78 is 18.4. The number of rotatable bonds is 4. The Kier molecular flexibility index (Phi) is 4.46. The van der Waals surface area contributed by atoms with Gasteiger partial charge in [0.2, 0.25) is 5.91 Å². The molecule has 0 saturated carbocycles. The first-order valence-electron chi connectivity index (χ1n) is 7.67. The third-order valence-electron chi connectivity index (χ3n) is 3.76. The summed E-state index contributed by atoms with van der Waals surface area (Å²) in [6.45, 7) is 1.93. The summed E-state index contributed by atoms with van der Waals surface area (Å²) in [4.78, 5) is 26.0. The molecule has 1 N–H and O–H groups in total. The number of amides is 2. The molecule has 2 aromatic rings. The minimum Gasteiger partial charge on any atom is -0.479 e. The minimum atomic E-state index is -0.583. The molecule has 1 aliphatic heterocycles. The van der Waals surface area contributed by atoms with Crippen molar-refractivity contribution in [3.8, 4) is 5.75 Å². The van der Waals surface area contributed by atoms with Gasteiger partial charge >= 0.3 is 0 Å². The minimum absolute atomic E-state index is 0.129. The number of halogens is 1. The predicted octanol–water partition coefficient (Wildman–Crippen LogP) is 2.97. The molecule has 1 unspecified atom stereocenters. The molecule has 0 radical (unpaired) electrons. The molecule has 0 bridgehead atoms. The van der Waals surface area contributed by atoms with Crippen LogP contribution < -0.4 is 15.0 Å². The van der Waals surface area contributed by atoms with Crippen molar-refractivity contribution >= 4 is 23.2 Å². The molecule has 2 aromatic carbocycles. The van der Waals surface area contributed by atoms with Gasteiger partial charge in [-0.1, -0.05) is 12.1 Å². The molecule has 3 rings (SSSR count). The molecule has 24 heavy (non-hydrogen) atoms. The zero-order valence-electron chi connectivity index (χ0n) is 13.2. The normalized spacial score (nSPS) is 16.3. The quantitative estimate of drug-likeness (QED) is 0.939. The highest BCUT2D eigenvalue weighted by atomic mass is 19.1. The van der Waals surface area contributed by atoms with Gasteiger partial charge in [0, 0.05) is 18.7 Å². The molecule has 1 heterocycles. The second-order valence-electron chi connectivity index (χ2n) is 5.52. The molecule has 1 aliphatic rings. The van der Waals surface area contributed by atoms with Gasteiger partial charge in [0.05, 0.1) is 5.69 Å². The fourth-order valence-corrected chi connectivity index (χ4v) is 2.56. The van der Waals surface area contributed by atoms with Gasteiger partial charge in [0.1, 0.15) is 11.6 Å². The van der Waals surface area contributed by atoms with E-state index in [4.69, 9.17) is 4.74 Å². The summed E-state index contributed by atoms with van der Waals surface area (Å²) >= 11 is 0. The van der Waals surface area contributed by atoms with Crippen LogP contribution in [0.3, 0.4) is 0 Å². The van der Waals surface area contributed by atoms with E-state index in [1.165, 1.54) is 24.3 Å². The van der Waals surface area contributed by atoms with Crippen molar-refractivity contribution in [2.24, 2.45) is 0 Å². The molecule has 1 atom stereocenters. The van der Waals surface area contributed by atoms with Crippen LogP contribution in [-0.4, -0.2) is 24.5 Å². The standard InChI is InChI=1S/C18H17FN2O3/c1-12-18(23)21(15-4-2-3-5-16(15)24-12)11-10-17(22)20-14-8-6-13(19)7-9-14/h2-9,12H,10-11H2,1H3,(H,20,22). The van der Waals surface area contributed by atoms with E-state index in [1.807, 2.05) is 12.1 Å². The highest BCUT2D eigenvalue weighted by Gasteiger charge is 2.31. The highest BCUT2D eigenvalue weighted by molar-refractivity contribution is 6.00. The molecule has 0 fully saturated rings. The van der Waals surface area contributed by atoms with Crippen LogP contribution in [0.15, 0.2) is 48.5 Å². The van der Waals surface area contributed by atoms with Gasteiger partial charge in [-0.2, -0.15) is 0 Å². The maximum atomic E-state index is 12.9. The van der Waals surface area contributed by atoms with Crippen molar-refractivity contribution in [1.29, 1.82) is 0 Å². The lowest BCUT2D eigenvalue weighted by atomic mass is 10.1. The number of hydrogen-bond acceptors (Lipinski definition) is 3. The van der Waals surface area contributed by atoms with Crippen LogP contribution in [0.4, 0.5) is 15.8 Å². The third kappa shape index (κ3) is 3.37. The van der Waals surface area contributed by atoms with Crippen molar-refractivity contribution in [3.05, 3.63) is 54.3 Å². The van der Waals surface area contributed by atoms with E-state index < -0.39 is 6.10 Å². The molecular weight excluding hydrogens is 311 g/mol. The summed E-state index contributed by atoms with van der Waals surface area (Å²) in [5.74, 6) is -0.157. The Morgan fingerprint density at radius 1 is 1.21 bits per heavy atom. The Balaban J connectivity index is 1.66. The number of carbonyl (C=O) groups excluding carboxylic acids is 2. The molecule has 0 saturated heterocycles. The van der Waals surface area contributed by atoms with Crippen LogP contribution in [0.2, 0.25) is 0 Å². The third-order valence-corrected chi connectivity index (χ3v) is 3.76. The van der Waals surface area contributed by atoms with Crippen LogP contribution in [-0.2, 0) is 9.59 Å². The van der Waals surface area contributed by atoms with E-state index in [2.05, 4.69) is 5.32 Å². The molecule has 0 aromatic heterocycles. The lowest BCUT2D eigenvalue weighted by Gasteiger charge is -2.32. The van der Waals surface area contributed by atoms with Crippen LogP contribution in [0, 0.1) is 5.82 Å². The number of benzene rings is 2. The van der Waals surface area contributed by atoms with Crippen molar-refractivity contribution in [1.82, 2.24) is 0 Å². The Morgan fingerprint density at radius 3 is 2.67 bits per heavy atom. The van der Waals surface area contributed by atoms with Crippen molar-refractivity contribution in [3.63, 3.8) is 0 Å². The van der Waals surface area contributed by atoms with Gasteiger partial charge < -0.3 is 15.0 Å². The Bertz CT molecular complexity index is 761. The number of hydrogen-bond donors (Lipinski definition) is 1. The molecule has 6 heteroatoms. The predicted molar refractivity (Wildman–Crippen MR) is 88.5 cm³/mol. The second kappa shape index (κ2) is 6.70. The number of nitrogens with zero attached hydrogens (tertiary/aromatic N) is 1. The fraction of sp³-hybridized carbons (Fsp3) is 0.222. The Hall–Kier alpha value is -2.89. The molecule has 0 aliphatic carbocycles. The van der Waals surface area contributed by atoms with Crippen LogP contribution >= 0.6 is 0 Å². The average Bonchev–Trinajstić information content (AvgIpc) is 2.57. The maximum absolute atomic E-state index is 12.9. The summed E-state index contributed by atoms with van der Waals surface area (Å²) in [5, 5.41) is 2.68. The van der Waals surface area contributed by atoms with Gasteiger partial charge in [-0.15, -0.1) is 0 Å². The lowest BCUT2D eigenvalue weighted by molar-refractivity contribution is -0.125. The first kappa shape index (κ1) is 16.0. The maximum Gasteiger partial charge on any atom is 0.267 e. The fourth-order valence-electron chi connectivity index (χ4n) is 2.56. The van der Waals surface area contributed by atoms with Crippen LogP contribution in [0.1, 0.15) is 13.3 Å². The monoisotopic (exact) mass is 328 g/mol. The van der Waals surface area contributed by atoms with Gasteiger partial charge in [-0.25, -0.2) is 4.39 Å². The lowest BCUT2D eigenvalue weighted by Crippen LogP contribution is -2.45. The number of para-hydroxylation sites is 2. The molecule has 5 nitrogen and oxygen atoms in total. The average molecular weight is 328 g/mol. The first-order chi connectivity index (χ1) is 11.5. The topological polar surface area (TPSA) is 58.6 Å². The molecule has 2 amide bonds. The summed E-state index contributed by atoms with van der Waals surface area (Å²) in [5.41, 5.74) is 1.18. The van der Waals surface area contributed by atoms with Crippen molar-refractivity contribution in [2.45, 2.75) is 19.4 Å². The zero-order valence-corrected chi connectivity index (χ0v) is 13.2. The zero-order chi connectivity index (χ0) is 17.1. The van der Waals surface area contributed by atoms with Gasteiger partial charge in [0.25, 0.3) is 5.91 Å². The SMILES string of the molecule is CC1Oc2ccccc2N(CCC(=O)Nc2ccc(F)cc2)C1=O. The molecular formula is C18H17FN2O3. The van der Waals surface area contributed by atoms with Gasteiger partial charge in [-0.05, 0) is 43.3 Å². The summed E-state index contributed by atoms with van der Waals surface area (Å²) in [7, 11) is 0. The second-order valence-corrected chi connectivity index (χ2v) is 5.52. The van der Waals surface area contributed by atoms with Crippen LogP contribution in [0.25, 0.3) is 0 Å². The summed E-state index contributed by atoms with van der Waals surface area (Å²) in [6, 6.07) is 12.8. The molecule has 0 spiro atoms. The number of anilines is 2. The van der Waals surface area contributed by atoms with Gasteiger partial charge in [0.15, 0.2) is 6.10 Å².